The zero-order chi connectivity index (χ0) is 14.0. The number of carbonyl (C=O) groups is 1. The van der Waals surface area contributed by atoms with Crippen molar-refractivity contribution >= 4 is 17.2 Å². The Kier molecular flexibility index (Phi) is 3.42. The number of hydrogen-bond acceptors (Lipinski definition) is 4. The van der Waals surface area contributed by atoms with E-state index in [1.165, 1.54) is 7.11 Å². The number of ketones is 1. The van der Waals surface area contributed by atoms with Gasteiger partial charge in [0.25, 0.3) is 0 Å². The molecule has 0 saturated heterocycles. The van der Waals surface area contributed by atoms with Crippen molar-refractivity contribution in [2.45, 2.75) is 6.92 Å². The molecule has 2 rings (SSSR count). The van der Waals surface area contributed by atoms with E-state index < -0.39 is 0 Å². The standard InChI is InChI=1S/C15H16N2O2/c1-9-3-4-14(19-2)13(5-9)15(18)10-6-11(16)8-12(17)7-10/h3-8H,16-17H2,1-2H3. The number of hydrogen-bond donors (Lipinski definition) is 2. The lowest BCUT2D eigenvalue weighted by molar-refractivity contribution is 0.103. The predicted molar refractivity (Wildman–Crippen MR) is 76.4 cm³/mol. The normalized spacial score (nSPS) is 10.2. The van der Waals surface area contributed by atoms with Crippen molar-refractivity contribution in [1.82, 2.24) is 0 Å². The molecular formula is C15H16N2O2. The largest absolute Gasteiger partial charge is 0.496 e. The Morgan fingerprint density at radius 1 is 1.05 bits per heavy atom. The molecule has 0 aliphatic carbocycles. The van der Waals surface area contributed by atoms with Gasteiger partial charge in [0.1, 0.15) is 5.75 Å². The highest BCUT2D eigenvalue weighted by atomic mass is 16.5. The lowest BCUT2D eigenvalue weighted by Crippen LogP contribution is -2.06. The minimum absolute atomic E-state index is 0.153. The Hall–Kier alpha value is -2.49. The molecule has 0 amide bonds. The van der Waals surface area contributed by atoms with E-state index >= 15 is 0 Å². The van der Waals surface area contributed by atoms with Crippen molar-refractivity contribution in [3.63, 3.8) is 0 Å². The Labute approximate surface area is 112 Å². The maximum atomic E-state index is 12.5. The third-order valence-corrected chi connectivity index (χ3v) is 2.84. The molecular weight excluding hydrogens is 240 g/mol. The maximum absolute atomic E-state index is 12.5. The highest BCUT2D eigenvalue weighted by Crippen LogP contribution is 2.24. The summed E-state index contributed by atoms with van der Waals surface area (Å²) in [5.41, 5.74) is 14.3. The van der Waals surface area contributed by atoms with Crippen LogP contribution >= 0.6 is 0 Å². The van der Waals surface area contributed by atoms with Crippen LogP contribution in [-0.4, -0.2) is 12.9 Å². The Balaban J connectivity index is 2.52. The van der Waals surface area contributed by atoms with Gasteiger partial charge in [-0.2, -0.15) is 0 Å². The monoisotopic (exact) mass is 256 g/mol. The van der Waals surface area contributed by atoms with Crippen molar-refractivity contribution in [3.8, 4) is 5.75 Å². The summed E-state index contributed by atoms with van der Waals surface area (Å²) in [6.45, 7) is 1.92. The van der Waals surface area contributed by atoms with Gasteiger partial charge in [0.15, 0.2) is 5.78 Å². The zero-order valence-electron chi connectivity index (χ0n) is 10.9. The summed E-state index contributed by atoms with van der Waals surface area (Å²) in [5.74, 6) is 0.385. The van der Waals surface area contributed by atoms with Crippen LogP contribution in [0.5, 0.6) is 5.75 Å². The second-order valence-corrected chi connectivity index (χ2v) is 4.42. The highest BCUT2D eigenvalue weighted by Gasteiger charge is 2.15. The number of rotatable bonds is 3. The van der Waals surface area contributed by atoms with E-state index in [1.807, 2.05) is 13.0 Å². The van der Waals surface area contributed by atoms with Gasteiger partial charge in [-0.1, -0.05) is 11.6 Å². The fourth-order valence-electron chi connectivity index (χ4n) is 1.96. The topological polar surface area (TPSA) is 78.3 Å². The Morgan fingerprint density at radius 2 is 1.68 bits per heavy atom. The second-order valence-electron chi connectivity index (χ2n) is 4.42. The molecule has 0 fully saturated rings. The average Bonchev–Trinajstić information content (AvgIpc) is 2.36. The molecule has 4 nitrogen and oxygen atoms in total. The summed E-state index contributed by atoms with van der Waals surface area (Å²) in [4.78, 5) is 12.5. The quantitative estimate of drug-likeness (QED) is 0.653. The zero-order valence-corrected chi connectivity index (χ0v) is 10.9. The van der Waals surface area contributed by atoms with Gasteiger partial charge in [-0.05, 0) is 37.3 Å². The van der Waals surface area contributed by atoms with Gasteiger partial charge in [0, 0.05) is 16.9 Å². The van der Waals surface area contributed by atoms with Crippen molar-refractivity contribution in [1.29, 1.82) is 0 Å². The third-order valence-electron chi connectivity index (χ3n) is 2.84. The first-order chi connectivity index (χ1) is 9.01. The summed E-state index contributed by atoms with van der Waals surface area (Å²) in [6, 6.07) is 10.3. The van der Waals surface area contributed by atoms with Crippen LogP contribution in [0.3, 0.4) is 0 Å². The molecule has 4 heteroatoms. The van der Waals surface area contributed by atoms with Crippen LogP contribution in [0.1, 0.15) is 21.5 Å². The van der Waals surface area contributed by atoms with E-state index in [0.29, 0.717) is 28.3 Å². The number of nitrogen functional groups attached to an aromatic ring is 2. The molecule has 0 heterocycles. The van der Waals surface area contributed by atoms with Crippen LogP contribution < -0.4 is 16.2 Å². The van der Waals surface area contributed by atoms with Crippen molar-refractivity contribution in [3.05, 3.63) is 53.1 Å². The van der Waals surface area contributed by atoms with Crippen molar-refractivity contribution in [2.24, 2.45) is 0 Å². The average molecular weight is 256 g/mol. The molecule has 0 spiro atoms. The third kappa shape index (κ3) is 2.68. The van der Waals surface area contributed by atoms with Gasteiger partial charge in [-0.25, -0.2) is 0 Å². The Morgan fingerprint density at radius 3 is 2.26 bits per heavy atom. The summed E-state index contributed by atoms with van der Waals surface area (Å²) in [6.07, 6.45) is 0. The smallest absolute Gasteiger partial charge is 0.196 e. The van der Waals surface area contributed by atoms with Gasteiger partial charge >= 0.3 is 0 Å². The predicted octanol–water partition coefficient (Wildman–Crippen LogP) is 2.40. The Bertz CT molecular complexity index is 616. The van der Waals surface area contributed by atoms with Crippen LogP contribution in [0, 0.1) is 6.92 Å². The van der Waals surface area contributed by atoms with Gasteiger partial charge in [0.05, 0.1) is 12.7 Å². The molecule has 0 radical (unpaired) electrons. The number of methoxy groups -OCH3 is 1. The first-order valence-electron chi connectivity index (χ1n) is 5.86. The van der Waals surface area contributed by atoms with E-state index in [1.54, 1.807) is 30.3 Å². The molecule has 0 bridgehead atoms. The molecule has 0 unspecified atom stereocenters. The fraction of sp³-hybridized carbons (Fsp3) is 0.133. The van der Waals surface area contributed by atoms with E-state index in [9.17, 15) is 4.79 Å². The number of anilines is 2. The molecule has 0 atom stereocenters. The van der Waals surface area contributed by atoms with Crippen LogP contribution in [0.2, 0.25) is 0 Å². The first kappa shape index (κ1) is 13.0. The van der Waals surface area contributed by atoms with Crippen LogP contribution in [0.4, 0.5) is 11.4 Å². The first-order valence-corrected chi connectivity index (χ1v) is 5.86. The molecule has 0 aliphatic heterocycles. The van der Waals surface area contributed by atoms with E-state index in [0.717, 1.165) is 5.56 Å². The molecule has 19 heavy (non-hydrogen) atoms. The van der Waals surface area contributed by atoms with Gasteiger partial charge in [-0.3, -0.25) is 4.79 Å². The number of benzene rings is 2. The van der Waals surface area contributed by atoms with Crippen LogP contribution in [0.25, 0.3) is 0 Å². The van der Waals surface area contributed by atoms with Crippen molar-refractivity contribution in [2.75, 3.05) is 18.6 Å². The molecule has 0 aliphatic rings. The summed E-state index contributed by atoms with van der Waals surface area (Å²) >= 11 is 0. The van der Waals surface area contributed by atoms with Gasteiger partial charge in [-0.15, -0.1) is 0 Å². The SMILES string of the molecule is COc1ccc(C)cc1C(=O)c1cc(N)cc(N)c1. The fourth-order valence-corrected chi connectivity index (χ4v) is 1.96. The highest BCUT2D eigenvalue weighted by molar-refractivity contribution is 6.11. The maximum Gasteiger partial charge on any atom is 0.196 e. The lowest BCUT2D eigenvalue weighted by atomic mass is 10.00. The molecule has 0 saturated carbocycles. The number of ether oxygens (including phenoxy) is 1. The van der Waals surface area contributed by atoms with E-state index in [2.05, 4.69) is 0 Å². The summed E-state index contributed by atoms with van der Waals surface area (Å²) in [7, 11) is 1.54. The molecule has 4 N–H and O–H groups in total. The molecule has 2 aromatic rings. The molecule has 2 aromatic carbocycles. The number of nitrogens with two attached hydrogens (primary N) is 2. The van der Waals surface area contributed by atoms with Crippen LogP contribution in [0.15, 0.2) is 36.4 Å². The second kappa shape index (κ2) is 5.02. The lowest BCUT2D eigenvalue weighted by Gasteiger charge is -2.09. The minimum atomic E-state index is -0.153. The molecule has 98 valence electrons. The molecule has 0 aromatic heterocycles. The van der Waals surface area contributed by atoms with Crippen molar-refractivity contribution < 1.29 is 9.53 Å². The van der Waals surface area contributed by atoms with Crippen LogP contribution in [-0.2, 0) is 0 Å². The van der Waals surface area contributed by atoms with E-state index in [4.69, 9.17) is 16.2 Å². The summed E-state index contributed by atoms with van der Waals surface area (Å²) < 4.78 is 5.22. The number of aryl methyl sites for hydroxylation is 1. The van der Waals surface area contributed by atoms with Gasteiger partial charge < -0.3 is 16.2 Å². The minimum Gasteiger partial charge on any atom is -0.496 e. The number of carbonyl (C=O) groups excluding carboxylic acids is 1. The van der Waals surface area contributed by atoms with E-state index in [-0.39, 0.29) is 5.78 Å². The summed E-state index contributed by atoms with van der Waals surface area (Å²) in [5, 5.41) is 0. The van der Waals surface area contributed by atoms with Gasteiger partial charge in [0.2, 0.25) is 0 Å².